The van der Waals surface area contributed by atoms with Crippen LogP contribution in [0, 0.1) is 0 Å². The van der Waals surface area contributed by atoms with E-state index < -0.39 is 16.6 Å². The van der Waals surface area contributed by atoms with Crippen LogP contribution in [0.4, 0.5) is 10.5 Å². The van der Waals surface area contributed by atoms with Crippen molar-refractivity contribution in [3.05, 3.63) is 29.8 Å². The summed E-state index contributed by atoms with van der Waals surface area (Å²) in [6.07, 6.45) is 5.40. The number of aliphatic imine (C=N–C) groups is 1. The minimum atomic E-state index is -0.576. The molecule has 1 fully saturated rings. The molecule has 4 rings (SSSR count). The van der Waals surface area contributed by atoms with Crippen molar-refractivity contribution in [3.63, 3.8) is 0 Å². The van der Waals surface area contributed by atoms with E-state index in [1.807, 2.05) is 39.0 Å². The molecule has 1 aromatic rings. The fraction of sp³-hybridized carbons (Fsp3) is 0.636. The zero-order chi connectivity index (χ0) is 20.6. The summed E-state index contributed by atoms with van der Waals surface area (Å²) >= 11 is 1.69. The molecule has 6 nitrogen and oxygen atoms in total. The Morgan fingerprint density at radius 1 is 1.24 bits per heavy atom. The van der Waals surface area contributed by atoms with Gasteiger partial charge in [0.2, 0.25) is 0 Å². The van der Waals surface area contributed by atoms with Gasteiger partial charge in [-0.3, -0.25) is 4.99 Å². The summed E-state index contributed by atoms with van der Waals surface area (Å²) in [4.78, 5) is 19.6. The van der Waals surface area contributed by atoms with Crippen LogP contribution in [0.25, 0.3) is 0 Å². The molecule has 1 aromatic carbocycles. The van der Waals surface area contributed by atoms with E-state index >= 15 is 0 Å². The van der Waals surface area contributed by atoms with Crippen LogP contribution in [0.1, 0.15) is 58.4 Å². The van der Waals surface area contributed by atoms with E-state index in [4.69, 9.17) is 14.5 Å². The van der Waals surface area contributed by atoms with Crippen LogP contribution < -0.4 is 10.2 Å². The Kier molecular flexibility index (Phi) is 5.55. The molecule has 1 saturated carbocycles. The molecule has 0 radical (unpaired) electrons. The third kappa shape index (κ3) is 3.87. The van der Waals surface area contributed by atoms with Crippen LogP contribution in [-0.4, -0.2) is 42.8 Å². The molecule has 1 aliphatic carbocycles. The molecule has 29 heavy (non-hydrogen) atoms. The molecule has 7 heteroatoms. The number of methoxy groups -OCH3 is 1. The van der Waals surface area contributed by atoms with Gasteiger partial charge < -0.3 is 14.8 Å². The number of carbonyl (C=O) groups excluding carboxylic acids is 1. The molecule has 2 atom stereocenters. The largest absolute Gasteiger partial charge is 0.443 e. The normalized spacial score (nSPS) is 27.1. The molecule has 0 unspecified atom stereocenters. The Morgan fingerprint density at radius 2 is 1.97 bits per heavy atom. The summed E-state index contributed by atoms with van der Waals surface area (Å²) in [5.74, 6) is 0. The minimum Gasteiger partial charge on any atom is -0.443 e. The lowest BCUT2D eigenvalue weighted by atomic mass is 9.96. The van der Waals surface area contributed by atoms with Crippen LogP contribution in [0.15, 0.2) is 29.3 Å². The number of benzene rings is 1. The summed E-state index contributed by atoms with van der Waals surface area (Å²) in [5, 5.41) is 4.61. The predicted molar refractivity (Wildman–Crippen MR) is 118 cm³/mol. The van der Waals surface area contributed by atoms with E-state index in [0.29, 0.717) is 12.6 Å². The van der Waals surface area contributed by atoms with Crippen molar-refractivity contribution < 1.29 is 14.3 Å². The number of amidine groups is 1. The Morgan fingerprint density at radius 3 is 2.66 bits per heavy atom. The number of amides is 1. The van der Waals surface area contributed by atoms with Gasteiger partial charge in [0, 0.05) is 13.2 Å². The number of rotatable bonds is 2. The van der Waals surface area contributed by atoms with Crippen LogP contribution >= 0.6 is 11.8 Å². The van der Waals surface area contributed by atoms with Gasteiger partial charge in [-0.2, -0.15) is 0 Å². The molecule has 2 aliphatic heterocycles. The summed E-state index contributed by atoms with van der Waals surface area (Å²) in [6, 6.07) is 8.50. The lowest BCUT2D eigenvalue weighted by molar-refractivity contribution is 0.0337. The first-order valence-corrected chi connectivity index (χ1v) is 11.3. The number of thioether (sulfide) groups is 1. The van der Waals surface area contributed by atoms with Crippen molar-refractivity contribution in [2.45, 2.75) is 75.5 Å². The van der Waals surface area contributed by atoms with Crippen molar-refractivity contribution in [1.82, 2.24) is 5.32 Å². The zero-order valence-electron chi connectivity index (χ0n) is 17.7. The number of anilines is 1. The van der Waals surface area contributed by atoms with E-state index in [-0.39, 0.29) is 6.09 Å². The Hall–Kier alpha value is -1.73. The second kappa shape index (κ2) is 7.84. The first-order valence-electron chi connectivity index (χ1n) is 10.5. The lowest BCUT2D eigenvalue weighted by Crippen LogP contribution is -2.49. The summed E-state index contributed by atoms with van der Waals surface area (Å²) in [5.41, 5.74) is 1.34. The smallest absolute Gasteiger partial charge is 0.417 e. The van der Waals surface area contributed by atoms with Crippen LogP contribution in [0.3, 0.4) is 0 Å². The molecule has 158 valence electrons. The van der Waals surface area contributed by atoms with Crippen molar-refractivity contribution in [3.8, 4) is 0 Å². The van der Waals surface area contributed by atoms with Gasteiger partial charge in [0.1, 0.15) is 10.3 Å². The van der Waals surface area contributed by atoms with Crippen molar-refractivity contribution in [2.75, 3.05) is 18.6 Å². The van der Waals surface area contributed by atoms with Crippen molar-refractivity contribution in [2.24, 2.45) is 4.99 Å². The van der Waals surface area contributed by atoms with Gasteiger partial charge in [-0.05, 0) is 45.2 Å². The Bertz CT molecular complexity index is 801. The highest BCUT2D eigenvalue weighted by molar-refractivity contribution is 8.15. The lowest BCUT2D eigenvalue weighted by Gasteiger charge is -2.34. The number of fused-ring (bicyclic) bond motifs is 2. The van der Waals surface area contributed by atoms with Gasteiger partial charge in [-0.15, -0.1) is 0 Å². The Labute approximate surface area is 177 Å². The third-order valence-electron chi connectivity index (χ3n) is 5.74. The fourth-order valence-electron chi connectivity index (χ4n) is 4.50. The van der Waals surface area contributed by atoms with E-state index in [1.54, 1.807) is 23.8 Å². The highest BCUT2D eigenvalue weighted by Gasteiger charge is 2.57. The van der Waals surface area contributed by atoms with Gasteiger partial charge in [0.15, 0.2) is 11.4 Å². The molecule has 0 saturated heterocycles. The third-order valence-corrected chi connectivity index (χ3v) is 7.09. The molecule has 3 aliphatic rings. The highest BCUT2D eigenvalue weighted by Crippen LogP contribution is 2.55. The standard InChI is InChI=1S/C22H31N3O3S/c1-21(2,3)28-20(26)25-17-13-9-8-12-16(17)22(18(25)27-4)14-23-19(29-22)24-15-10-6-5-7-11-15/h8-9,12-13,15,18H,5-7,10-11,14H2,1-4H3,(H,23,24)/t18-,22+/m1/s1. The average Bonchev–Trinajstić information content (AvgIpc) is 3.21. The van der Waals surface area contributed by atoms with Gasteiger partial charge in [0.05, 0.1) is 12.2 Å². The van der Waals surface area contributed by atoms with Crippen LogP contribution in [0.2, 0.25) is 0 Å². The molecule has 1 N–H and O–H groups in total. The van der Waals surface area contributed by atoms with Crippen molar-refractivity contribution >= 4 is 28.7 Å². The number of hydrogen-bond acceptors (Lipinski definition) is 6. The molecular formula is C22H31N3O3S. The van der Waals surface area contributed by atoms with Crippen LogP contribution in [0.5, 0.6) is 0 Å². The maximum atomic E-state index is 13.1. The topological polar surface area (TPSA) is 63.2 Å². The van der Waals surface area contributed by atoms with E-state index in [1.165, 1.54) is 32.1 Å². The zero-order valence-corrected chi connectivity index (χ0v) is 18.6. The predicted octanol–water partition coefficient (Wildman–Crippen LogP) is 4.63. The second-order valence-electron chi connectivity index (χ2n) is 9.05. The number of nitrogens with one attached hydrogen (secondary N) is 1. The SMILES string of the molecule is CO[C@H]1N(C(=O)OC(C)(C)C)c2ccccc2[C@@]12CN=C(NC1CCCCC1)S2. The molecule has 1 amide bonds. The average molecular weight is 418 g/mol. The maximum Gasteiger partial charge on any atom is 0.417 e. The minimum absolute atomic E-state index is 0.386. The molecule has 1 spiro atoms. The summed E-state index contributed by atoms with van der Waals surface area (Å²) < 4.78 is 11.2. The number of ether oxygens (including phenoxy) is 2. The molecule has 0 aromatic heterocycles. The monoisotopic (exact) mass is 417 g/mol. The number of para-hydroxylation sites is 1. The first-order chi connectivity index (χ1) is 13.8. The quantitative estimate of drug-likeness (QED) is 0.760. The number of nitrogens with zero attached hydrogens (tertiary/aromatic N) is 2. The first kappa shape index (κ1) is 20.5. The van der Waals surface area contributed by atoms with Gasteiger partial charge >= 0.3 is 6.09 Å². The fourth-order valence-corrected chi connectivity index (χ4v) is 5.92. The van der Waals surface area contributed by atoms with E-state index in [9.17, 15) is 4.79 Å². The highest BCUT2D eigenvalue weighted by atomic mass is 32.2. The van der Waals surface area contributed by atoms with Gasteiger partial charge in [0.25, 0.3) is 0 Å². The number of carbonyl (C=O) groups is 1. The van der Waals surface area contributed by atoms with Gasteiger partial charge in [-0.1, -0.05) is 49.2 Å². The van der Waals surface area contributed by atoms with E-state index in [0.717, 1.165) is 16.4 Å². The van der Waals surface area contributed by atoms with Gasteiger partial charge in [-0.25, -0.2) is 9.69 Å². The van der Waals surface area contributed by atoms with Crippen molar-refractivity contribution in [1.29, 1.82) is 0 Å². The Balaban J connectivity index is 1.61. The summed E-state index contributed by atoms with van der Waals surface area (Å²) in [6.45, 7) is 6.21. The summed E-state index contributed by atoms with van der Waals surface area (Å²) in [7, 11) is 1.66. The molecular weight excluding hydrogens is 386 g/mol. The maximum absolute atomic E-state index is 13.1. The molecule has 2 heterocycles. The van der Waals surface area contributed by atoms with Crippen LogP contribution in [-0.2, 0) is 14.2 Å². The van der Waals surface area contributed by atoms with E-state index in [2.05, 4.69) is 11.4 Å². The molecule has 0 bridgehead atoms. The number of hydrogen-bond donors (Lipinski definition) is 1. The second-order valence-corrected chi connectivity index (χ2v) is 10.4.